The quantitative estimate of drug-likeness (QED) is 0.139. The largest absolute Gasteiger partial charge is 0.456 e. The molecule has 0 amide bonds. The third-order valence-corrected chi connectivity index (χ3v) is 11.8. The van der Waals surface area contributed by atoms with Crippen LogP contribution in [0.3, 0.4) is 0 Å². The molecule has 0 unspecified atom stereocenters. The van der Waals surface area contributed by atoms with E-state index in [-0.39, 0.29) is 6.71 Å². The van der Waals surface area contributed by atoms with Gasteiger partial charge in [-0.15, -0.1) is 0 Å². The predicted octanol–water partition coefficient (Wildman–Crippen LogP) is 12.2. The highest BCUT2D eigenvalue weighted by molar-refractivity contribution is 7.00. The molecule has 1 aromatic heterocycles. The standard InChI is InChI=1S/C51H45BN2O/c1-4-10-34-17-24-39(25-18-34)53-45-29-19-35(11-5-2)31-43(45)52-44-32-36(12-6-3)20-30-46(44)54(48-15-9-14-47(53)51(48)52)40-26-21-37(22-27-40)38-23-28-42-41-13-7-8-16-49(41)55-50(42)33-38/h7-9,13-33H,4-6,10-12H2,1-3H3. The normalized spacial score (nSPS) is 13.0. The molecule has 0 atom stereocenters. The van der Waals surface area contributed by atoms with Crippen molar-refractivity contribution in [3.8, 4) is 11.1 Å². The molecule has 0 fully saturated rings. The molecule has 0 radical (unpaired) electrons. The first-order chi connectivity index (χ1) is 27.1. The molecule has 2 aliphatic heterocycles. The first kappa shape index (κ1) is 33.6. The highest BCUT2D eigenvalue weighted by atomic mass is 16.3. The molecule has 0 aliphatic carbocycles. The van der Waals surface area contributed by atoms with E-state index in [1.165, 1.54) is 67.1 Å². The smallest absolute Gasteiger partial charge is 0.252 e. The number of hydrogen-bond donors (Lipinski definition) is 0. The molecule has 0 N–H and O–H groups in total. The molecule has 4 heteroatoms. The van der Waals surface area contributed by atoms with Gasteiger partial charge in [0.2, 0.25) is 0 Å². The van der Waals surface area contributed by atoms with Crippen molar-refractivity contribution < 1.29 is 4.42 Å². The van der Waals surface area contributed by atoms with Crippen LogP contribution in [-0.2, 0) is 19.3 Å². The van der Waals surface area contributed by atoms with Crippen LogP contribution in [0.4, 0.5) is 34.1 Å². The van der Waals surface area contributed by atoms with E-state index in [1.807, 2.05) is 12.1 Å². The van der Waals surface area contributed by atoms with Crippen molar-refractivity contribution in [1.29, 1.82) is 0 Å². The Labute approximate surface area is 324 Å². The molecule has 0 spiro atoms. The van der Waals surface area contributed by atoms with Crippen LogP contribution in [-0.4, -0.2) is 6.71 Å². The van der Waals surface area contributed by atoms with Crippen LogP contribution in [0.1, 0.15) is 56.7 Å². The number of rotatable bonds is 9. The molecule has 10 rings (SSSR count). The molecule has 268 valence electrons. The summed E-state index contributed by atoms with van der Waals surface area (Å²) in [4.78, 5) is 5.03. The lowest BCUT2D eigenvalue weighted by molar-refractivity contribution is 0.669. The molecule has 3 heterocycles. The molecule has 0 saturated heterocycles. The average molecular weight is 713 g/mol. The summed E-state index contributed by atoms with van der Waals surface area (Å²) >= 11 is 0. The minimum Gasteiger partial charge on any atom is -0.456 e. The molecular formula is C51H45BN2O. The summed E-state index contributed by atoms with van der Waals surface area (Å²) in [7, 11) is 0. The summed E-state index contributed by atoms with van der Waals surface area (Å²) in [5, 5.41) is 2.31. The zero-order valence-corrected chi connectivity index (χ0v) is 32.0. The predicted molar refractivity (Wildman–Crippen MR) is 235 cm³/mol. The number of hydrogen-bond acceptors (Lipinski definition) is 3. The van der Waals surface area contributed by atoms with E-state index in [0.29, 0.717) is 0 Å². The Hall–Kier alpha value is -6.00. The van der Waals surface area contributed by atoms with Crippen LogP contribution in [0.5, 0.6) is 0 Å². The van der Waals surface area contributed by atoms with Gasteiger partial charge >= 0.3 is 0 Å². The van der Waals surface area contributed by atoms with Crippen molar-refractivity contribution in [3.63, 3.8) is 0 Å². The van der Waals surface area contributed by atoms with E-state index < -0.39 is 0 Å². The van der Waals surface area contributed by atoms with Crippen LogP contribution in [0, 0.1) is 0 Å². The van der Waals surface area contributed by atoms with Gasteiger partial charge in [-0.1, -0.05) is 119 Å². The Morgan fingerprint density at radius 3 is 1.58 bits per heavy atom. The maximum Gasteiger partial charge on any atom is 0.252 e. The minimum atomic E-state index is 0.131. The second-order valence-corrected chi connectivity index (χ2v) is 15.4. The van der Waals surface area contributed by atoms with E-state index in [9.17, 15) is 0 Å². The Morgan fingerprint density at radius 1 is 0.436 bits per heavy atom. The Kier molecular flexibility index (Phi) is 8.36. The number of anilines is 6. The third kappa shape index (κ3) is 5.57. The Morgan fingerprint density at radius 2 is 0.964 bits per heavy atom. The highest BCUT2D eigenvalue weighted by Crippen LogP contribution is 2.44. The number of para-hydroxylation sites is 1. The summed E-state index contributed by atoms with van der Waals surface area (Å²) in [6, 6.07) is 54.7. The summed E-state index contributed by atoms with van der Waals surface area (Å²) < 4.78 is 6.27. The fourth-order valence-electron chi connectivity index (χ4n) is 9.30. The van der Waals surface area contributed by atoms with Gasteiger partial charge < -0.3 is 14.2 Å². The first-order valence-electron chi connectivity index (χ1n) is 20.2. The molecule has 7 aromatic carbocycles. The van der Waals surface area contributed by atoms with Crippen molar-refractivity contribution in [1.82, 2.24) is 0 Å². The van der Waals surface area contributed by atoms with Gasteiger partial charge in [0.15, 0.2) is 0 Å². The molecule has 8 aromatic rings. The van der Waals surface area contributed by atoms with Gasteiger partial charge in [-0.05, 0) is 130 Å². The van der Waals surface area contributed by atoms with Crippen LogP contribution in [0.25, 0.3) is 33.1 Å². The summed E-state index contributed by atoms with van der Waals surface area (Å²) in [6.07, 6.45) is 6.63. The van der Waals surface area contributed by atoms with E-state index in [4.69, 9.17) is 4.42 Å². The average Bonchev–Trinajstić information content (AvgIpc) is 3.60. The van der Waals surface area contributed by atoms with Gasteiger partial charge in [0.1, 0.15) is 11.2 Å². The Balaban J connectivity index is 1.14. The minimum absolute atomic E-state index is 0.131. The SMILES string of the molecule is CCCc1ccc(N2c3ccc(CCC)cc3B3c4cc(CCC)ccc4N(c4ccc(-c5ccc6c(c5)oc5ccccc56)cc4)c4cccc2c43)cc1. The van der Waals surface area contributed by atoms with Crippen LogP contribution in [0.2, 0.25) is 0 Å². The molecule has 55 heavy (non-hydrogen) atoms. The van der Waals surface area contributed by atoms with Gasteiger partial charge in [0.25, 0.3) is 6.71 Å². The summed E-state index contributed by atoms with van der Waals surface area (Å²) in [6.45, 7) is 6.95. The van der Waals surface area contributed by atoms with Crippen molar-refractivity contribution in [3.05, 3.63) is 162 Å². The second kappa shape index (κ2) is 13.7. The van der Waals surface area contributed by atoms with Crippen molar-refractivity contribution >= 4 is 79.2 Å². The van der Waals surface area contributed by atoms with Gasteiger partial charge in [0, 0.05) is 44.9 Å². The fourth-order valence-corrected chi connectivity index (χ4v) is 9.30. The molecule has 2 aliphatic rings. The zero-order valence-electron chi connectivity index (χ0n) is 32.0. The number of aryl methyl sites for hydroxylation is 3. The van der Waals surface area contributed by atoms with Crippen molar-refractivity contribution in [2.45, 2.75) is 59.3 Å². The third-order valence-electron chi connectivity index (χ3n) is 11.8. The molecule has 3 nitrogen and oxygen atoms in total. The summed E-state index contributed by atoms with van der Waals surface area (Å²) in [5.41, 5.74) is 19.9. The van der Waals surface area contributed by atoms with Gasteiger partial charge in [-0.3, -0.25) is 0 Å². The topological polar surface area (TPSA) is 19.6 Å². The van der Waals surface area contributed by atoms with Gasteiger partial charge in [-0.25, -0.2) is 0 Å². The van der Waals surface area contributed by atoms with Crippen molar-refractivity contribution in [2.24, 2.45) is 0 Å². The van der Waals surface area contributed by atoms with Gasteiger partial charge in [0.05, 0.1) is 0 Å². The van der Waals surface area contributed by atoms with Gasteiger partial charge in [-0.2, -0.15) is 0 Å². The number of benzene rings is 7. The highest BCUT2D eigenvalue weighted by Gasteiger charge is 2.43. The fraction of sp³-hybridized carbons (Fsp3) is 0.176. The van der Waals surface area contributed by atoms with E-state index >= 15 is 0 Å². The lowest BCUT2D eigenvalue weighted by atomic mass is 9.33. The monoisotopic (exact) mass is 712 g/mol. The van der Waals surface area contributed by atoms with Crippen LogP contribution < -0.4 is 26.2 Å². The first-order valence-corrected chi connectivity index (χ1v) is 20.2. The summed E-state index contributed by atoms with van der Waals surface area (Å²) in [5.74, 6) is 0. The van der Waals surface area contributed by atoms with E-state index in [2.05, 4.69) is 164 Å². The number of furan rings is 1. The Bertz CT molecular complexity index is 2710. The maximum atomic E-state index is 6.27. The molecule has 0 bridgehead atoms. The number of fused-ring (bicyclic) bond motifs is 7. The molecule has 0 saturated carbocycles. The van der Waals surface area contributed by atoms with E-state index in [0.717, 1.165) is 71.7 Å². The molecular weight excluding hydrogens is 667 g/mol. The zero-order chi connectivity index (χ0) is 37.0. The van der Waals surface area contributed by atoms with Crippen LogP contribution >= 0.6 is 0 Å². The lowest BCUT2D eigenvalue weighted by Gasteiger charge is -2.44. The maximum absolute atomic E-state index is 6.27. The van der Waals surface area contributed by atoms with E-state index in [1.54, 1.807) is 0 Å². The van der Waals surface area contributed by atoms with Crippen LogP contribution in [0.15, 0.2) is 150 Å². The lowest BCUT2D eigenvalue weighted by Crippen LogP contribution is -2.61. The second-order valence-electron chi connectivity index (χ2n) is 15.4. The van der Waals surface area contributed by atoms with Crippen molar-refractivity contribution in [2.75, 3.05) is 9.80 Å². The number of nitrogens with zero attached hydrogens (tertiary/aromatic N) is 2.